The maximum atomic E-state index is 11.5. The number of methoxy groups -OCH3 is 1. The summed E-state index contributed by atoms with van der Waals surface area (Å²) in [6, 6.07) is 14.3. The van der Waals surface area contributed by atoms with Crippen molar-refractivity contribution in [2.24, 2.45) is 5.73 Å². The predicted molar refractivity (Wildman–Crippen MR) is 101 cm³/mol. The number of aromatic nitrogens is 1. The Kier molecular flexibility index (Phi) is 5.23. The van der Waals surface area contributed by atoms with Gasteiger partial charge in [0.1, 0.15) is 6.04 Å². The van der Waals surface area contributed by atoms with Crippen molar-refractivity contribution in [1.29, 1.82) is 0 Å². The number of nitrogens with two attached hydrogens (primary N) is 1. The van der Waals surface area contributed by atoms with Gasteiger partial charge >= 0.3 is 5.97 Å². The summed E-state index contributed by atoms with van der Waals surface area (Å²) in [4.78, 5) is 16.1. The Bertz CT molecular complexity index is 924. The molecule has 2 N–H and O–H groups in total. The summed E-state index contributed by atoms with van der Waals surface area (Å²) >= 11 is 12.5. The van der Waals surface area contributed by atoms with E-state index in [0.717, 1.165) is 16.5 Å². The van der Waals surface area contributed by atoms with E-state index in [1.165, 1.54) is 7.11 Å². The van der Waals surface area contributed by atoms with E-state index < -0.39 is 12.0 Å². The van der Waals surface area contributed by atoms with Crippen LogP contribution >= 0.6 is 23.2 Å². The van der Waals surface area contributed by atoms with Gasteiger partial charge in [-0.3, -0.25) is 4.79 Å². The first-order chi connectivity index (χ1) is 12.0. The fourth-order valence-corrected chi connectivity index (χ4v) is 3.26. The second-order valence-electron chi connectivity index (χ2n) is 5.65. The van der Waals surface area contributed by atoms with E-state index in [1.807, 2.05) is 30.3 Å². The van der Waals surface area contributed by atoms with Gasteiger partial charge in [-0.05, 0) is 42.3 Å². The summed E-state index contributed by atoms with van der Waals surface area (Å²) in [5, 5.41) is 2.06. The number of carbonyl (C=O) groups is 1. The van der Waals surface area contributed by atoms with Crippen molar-refractivity contribution in [3.8, 4) is 11.3 Å². The number of nitrogens with zero attached hydrogens (tertiary/aromatic N) is 1. The Hall–Kier alpha value is -2.14. The highest BCUT2D eigenvalue weighted by atomic mass is 35.5. The molecule has 0 bridgehead atoms. The molecule has 0 saturated carbocycles. The third-order valence-electron chi connectivity index (χ3n) is 3.93. The molecule has 1 aromatic heterocycles. The number of esters is 1. The molecule has 0 amide bonds. The zero-order valence-corrected chi connectivity index (χ0v) is 15.0. The third-order valence-corrected chi connectivity index (χ3v) is 4.56. The minimum atomic E-state index is -0.684. The highest BCUT2D eigenvalue weighted by Crippen LogP contribution is 2.34. The largest absolute Gasteiger partial charge is 0.468 e. The summed E-state index contributed by atoms with van der Waals surface area (Å²) in [7, 11) is 1.33. The molecule has 3 aromatic rings. The topological polar surface area (TPSA) is 65.2 Å². The molecule has 0 aliphatic rings. The van der Waals surface area contributed by atoms with Crippen molar-refractivity contribution in [2.75, 3.05) is 7.11 Å². The number of carbonyl (C=O) groups excluding carboxylic acids is 1. The number of fused-ring (bicyclic) bond motifs is 1. The Morgan fingerprint density at radius 2 is 1.88 bits per heavy atom. The van der Waals surface area contributed by atoms with Crippen LogP contribution in [0.1, 0.15) is 5.56 Å². The highest BCUT2D eigenvalue weighted by Gasteiger charge is 2.15. The summed E-state index contributed by atoms with van der Waals surface area (Å²) in [5.74, 6) is -0.429. The molecule has 1 atom stereocenters. The fourth-order valence-electron chi connectivity index (χ4n) is 2.67. The molecule has 0 spiro atoms. The number of hydrogen-bond acceptors (Lipinski definition) is 4. The second kappa shape index (κ2) is 7.40. The minimum absolute atomic E-state index is 0.403. The summed E-state index contributed by atoms with van der Waals surface area (Å²) in [6.07, 6.45) is 0.403. The van der Waals surface area contributed by atoms with Crippen LogP contribution in [0.15, 0.2) is 48.5 Å². The fraction of sp³-hybridized carbons (Fsp3) is 0.158. The lowest BCUT2D eigenvalue weighted by Gasteiger charge is -2.11. The van der Waals surface area contributed by atoms with Gasteiger partial charge in [0.2, 0.25) is 0 Å². The van der Waals surface area contributed by atoms with E-state index in [9.17, 15) is 4.79 Å². The Balaban J connectivity index is 1.95. The maximum Gasteiger partial charge on any atom is 0.322 e. The number of hydrogen-bond donors (Lipinski definition) is 1. The molecule has 0 fully saturated rings. The first kappa shape index (κ1) is 17.7. The Morgan fingerprint density at radius 1 is 1.16 bits per heavy atom. The van der Waals surface area contributed by atoms with E-state index in [1.54, 1.807) is 18.2 Å². The highest BCUT2D eigenvalue weighted by molar-refractivity contribution is 6.39. The maximum absolute atomic E-state index is 11.5. The molecular weight excluding hydrogens is 359 g/mol. The van der Waals surface area contributed by atoms with Gasteiger partial charge in [0.15, 0.2) is 0 Å². The van der Waals surface area contributed by atoms with E-state index in [-0.39, 0.29) is 0 Å². The van der Waals surface area contributed by atoms with Gasteiger partial charge in [-0.1, -0.05) is 41.4 Å². The molecule has 0 saturated heterocycles. The standard InChI is InChI=1S/C19H16Cl2N2O2/c1-25-19(24)15(22)10-11-5-7-16-12(9-11)6-8-17(23-16)18-13(20)3-2-4-14(18)21/h2-9,15H,10,22H2,1H3/t15-/m1/s1. The molecule has 0 radical (unpaired) electrons. The lowest BCUT2D eigenvalue weighted by molar-refractivity contribution is -0.142. The molecule has 25 heavy (non-hydrogen) atoms. The van der Waals surface area contributed by atoms with Crippen molar-refractivity contribution in [3.05, 3.63) is 64.1 Å². The predicted octanol–water partition coefficient (Wildman–Crippen LogP) is 4.25. The van der Waals surface area contributed by atoms with Crippen LogP contribution < -0.4 is 5.73 Å². The molecule has 4 nitrogen and oxygen atoms in total. The Labute approximate surface area is 155 Å². The SMILES string of the molecule is COC(=O)[C@H](N)Cc1ccc2nc(-c3c(Cl)cccc3Cl)ccc2c1. The molecule has 1 heterocycles. The van der Waals surface area contributed by atoms with Crippen LogP contribution in [0, 0.1) is 0 Å². The van der Waals surface area contributed by atoms with Gasteiger partial charge in [0.05, 0.1) is 28.4 Å². The summed E-state index contributed by atoms with van der Waals surface area (Å²) in [5.41, 5.74) is 8.99. The monoisotopic (exact) mass is 374 g/mol. The zero-order valence-electron chi connectivity index (χ0n) is 13.5. The van der Waals surface area contributed by atoms with Crippen LogP contribution in [0.2, 0.25) is 10.0 Å². The lowest BCUT2D eigenvalue weighted by Crippen LogP contribution is -2.33. The number of halogens is 2. The average molecular weight is 375 g/mol. The van der Waals surface area contributed by atoms with E-state index in [4.69, 9.17) is 28.9 Å². The second-order valence-corrected chi connectivity index (χ2v) is 6.47. The van der Waals surface area contributed by atoms with Gasteiger partial charge in [-0.2, -0.15) is 0 Å². The van der Waals surface area contributed by atoms with Gasteiger partial charge in [-0.15, -0.1) is 0 Å². The third kappa shape index (κ3) is 3.76. The van der Waals surface area contributed by atoms with Gasteiger partial charge < -0.3 is 10.5 Å². The number of pyridine rings is 1. The lowest BCUT2D eigenvalue weighted by atomic mass is 10.0. The quantitative estimate of drug-likeness (QED) is 0.693. The normalized spacial score (nSPS) is 12.2. The van der Waals surface area contributed by atoms with Crippen LogP contribution in [-0.2, 0) is 16.0 Å². The summed E-state index contributed by atoms with van der Waals surface area (Å²) < 4.78 is 4.66. The van der Waals surface area contributed by atoms with E-state index in [2.05, 4.69) is 9.72 Å². The minimum Gasteiger partial charge on any atom is -0.468 e. The van der Waals surface area contributed by atoms with Crippen molar-refractivity contribution in [3.63, 3.8) is 0 Å². The van der Waals surface area contributed by atoms with Crippen molar-refractivity contribution in [1.82, 2.24) is 4.98 Å². The number of benzene rings is 2. The van der Waals surface area contributed by atoms with Gasteiger partial charge in [0.25, 0.3) is 0 Å². The average Bonchev–Trinajstić information content (AvgIpc) is 2.60. The van der Waals surface area contributed by atoms with E-state index >= 15 is 0 Å². The van der Waals surface area contributed by atoms with Crippen LogP contribution in [0.5, 0.6) is 0 Å². The van der Waals surface area contributed by atoms with E-state index in [0.29, 0.717) is 27.7 Å². The number of ether oxygens (including phenoxy) is 1. The van der Waals surface area contributed by atoms with Crippen LogP contribution in [-0.4, -0.2) is 24.1 Å². The molecule has 0 unspecified atom stereocenters. The van der Waals surface area contributed by atoms with Gasteiger partial charge in [0, 0.05) is 10.9 Å². The van der Waals surface area contributed by atoms with Gasteiger partial charge in [-0.25, -0.2) is 4.98 Å². The number of rotatable bonds is 4. The Morgan fingerprint density at radius 3 is 2.56 bits per heavy atom. The first-order valence-electron chi connectivity index (χ1n) is 7.67. The molecule has 128 valence electrons. The molecule has 2 aromatic carbocycles. The van der Waals surface area contributed by atoms with Crippen LogP contribution in [0.4, 0.5) is 0 Å². The van der Waals surface area contributed by atoms with Crippen LogP contribution in [0.25, 0.3) is 22.2 Å². The molecular formula is C19H16Cl2N2O2. The summed E-state index contributed by atoms with van der Waals surface area (Å²) in [6.45, 7) is 0. The first-order valence-corrected chi connectivity index (χ1v) is 8.42. The molecule has 3 rings (SSSR count). The van der Waals surface area contributed by atoms with Crippen LogP contribution in [0.3, 0.4) is 0 Å². The molecule has 6 heteroatoms. The van der Waals surface area contributed by atoms with Crippen molar-refractivity contribution < 1.29 is 9.53 Å². The molecule has 0 aliphatic heterocycles. The molecule has 0 aliphatic carbocycles. The van der Waals surface area contributed by atoms with Crippen molar-refractivity contribution >= 4 is 40.1 Å². The smallest absolute Gasteiger partial charge is 0.322 e. The zero-order chi connectivity index (χ0) is 18.0. The van der Waals surface area contributed by atoms with Crippen molar-refractivity contribution in [2.45, 2.75) is 12.5 Å².